The number of amidine groups is 1. The van der Waals surface area contributed by atoms with Gasteiger partial charge in [-0.1, -0.05) is 23.4 Å². The number of ether oxygens (including phenoxy) is 2. The second-order valence-corrected chi connectivity index (χ2v) is 4.62. The van der Waals surface area contributed by atoms with E-state index in [2.05, 4.69) is 22.2 Å². The zero-order valence-electron chi connectivity index (χ0n) is 12.6. The van der Waals surface area contributed by atoms with Gasteiger partial charge in [-0.3, -0.25) is 0 Å². The highest BCUT2D eigenvalue weighted by Gasteiger charge is 2.07. The Morgan fingerprint density at radius 3 is 2.62 bits per heavy atom. The summed E-state index contributed by atoms with van der Waals surface area (Å²) in [6.07, 6.45) is 1.44. The van der Waals surface area contributed by atoms with Crippen LogP contribution in [0.3, 0.4) is 0 Å². The largest absolute Gasteiger partial charge is 0.409 e. The maximum Gasteiger partial charge on any atom is 0.140 e. The number of nitrogens with zero attached hydrogens (tertiary/aromatic N) is 2. The number of benzene rings is 1. The Labute approximate surface area is 126 Å². The number of anilines is 1. The molecule has 0 aliphatic carbocycles. The highest BCUT2D eigenvalue weighted by molar-refractivity contribution is 5.80. The van der Waals surface area contributed by atoms with Crippen LogP contribution in [0.15, 0.2) is 35.5 Å². The SMILES string of the molecule is COCCOCCCN(CC/C(N)=N/O)c1ccccc1. The molecular formula is C15H25N3O3. The summed E-state index contributed by atoms with van der Waals surface area (Å²) in [5, 5.41) is 11.6. The highest BCUT2D eigenvalue weighted by Crippen LogP contribution is 2.14. The van der Waals surface area contributed by atoms with E-state index in [9.17, 15) is 0 Å². The molecule has 0 unspecified atom stereocenters. The van der Waals surface area contributed by atoms with Crippen LogP contribution >= 0.6 is 0 Å². The number of oxime groups is 1. The molecule has 1 aromatic carbocycles. The van der Waals surface area contributed by atoms with Crippen LogP contribution < -0.4 is 10.6 Å². The van der Waals surface area contributed by atoms with Crippen molar-refractivity contribution in [3.8, 4) is 0 Å². The van der Waals surface area contributed by atoms with Gasteiger partial charge in [0.25, 0.3) is 0 Å². The van der Waals surface area contributed by atoms with Gasteiger partial charge in [-0.2, -0.15) is 0 Å². The Bertz CT molecular complexity index is 398. The zero-order chi connectivity index (χ0) is 15.3. The minimum Gasteiger partial charge on any atom is -0.409 e. The Morgan fingerprint density at radius 2 is 1.95 bits per heavy atom. The lowest BCUT2D eigenvalue weighted by Gasteiger charge is -2.24. The number of hydrogen-bond acceptors (Lipinski definition) is 5. The molecule has 3 N–H and O–H groups in total. The molecule has 0 heterocycles. The van der Waals surface area contributed by atoms with Crippen molar-refractivity contribution in [3.63, 3.8) is 0 Å². The Kier molecular flexibility index (Phi) is 8.99. The summed E-state index contributed by atoms with van der Waals surface area (Å²) < 4.78 is 10.4. The Morgan fingerprint density at radius 1 is 1.19 bits per heavy atom. The smallest absolute Gasteiger partial charge is 0.140 e. The predicted octanol–water partition coefficient (Wildman–Crippen LogP) is 1.68. The van der Waals surface area contributed by atoms with E-state index in [0.29, 0.717) is 32.8 Å². The van der Waals surface area contributed by atoms with Crippen LogP contribution in [0.4, 0.5) is 5.69 Å². The van der Waals surface area contributed by atoms with E-state index in [1.807, 2.05) is 18.2 Å². The lowest BCUT2D eigenvalue weighted by atomic mass is 10.2. The molecule has 6 heteroatoms. The molecule has 0 aliphatic rings. The fourth-order valence-electron chi connectivity index (χ4n) is 1.91. The van der Waals surface area contributed by atoms with Crippen LogP contribution in [-0.2, 0) is 9.47 Å². The summed E-state index contributed by atoms with van der Waals surface area (Å²) in [6, 6.07) is 10.1. The van der Waals surface area contributed by atoms with Crippen molar-refractivity contribution < 1.29 is 14.7 Å². The van der Waals surface area contributed by atoms with Crippen LogP contribution in [0.1, 0.15) is 12.8 Å². The first-order valence-electron chi connectivity index (χ1n) is 7.11. The standard InChI is InChI=1S/C15H25N3O3/c1-20-12-13-21-11-5-9-18(10-8-15(16)17-19)14-6-3-2-4-7-14/h2-4,6-7,19H,5,8-13H2,1H3,(H2,16,17). The molecule has 118 valence electrons. The van der Waals surface area contributed by atoms with Gasteiger partial charge in [0, 0.05) is 38.9 Å². The van der Waals surface area contributed by atoms with E-state index in [4.69, 9.17) is 20.4 Å². The van der Waals surface area contributed by atoms with Gasteiger partial charge >= 0.3 is 0 Å². The van der Waals surface area contributed by atoms with Gasteiger partial charge in [-0.15, -0.1) is 0 Å². The van der Waals surface area contributed by atoms with E-state index in [-0.39, 0.29) is 5.84 Å². The first-order chi connectivity index (χ1) is 10.3. The zero-order valence-corrected chi connectivity index (χ0v) is 12.6. The molecule has 0 amide bonds. The van der Waals surface area contributed by atoms with Gasteiger partial charge in [0.15, 0.2) is 0 Å². The van der Waals surface area contributed by atoms with E-state index in [1.54, 1.807) is 7.11 Å². The molecule has 0 saturated carbocycles. The summed E-state index contributed by atoms with van der Waals surface area (Å²) in [6.45, 7) is 3.49. The van der Waals surface area contributed by atoms with Crippen molar-refractivity contribution in [2.45, 2.75) is 12.8 Å². The summed E-state index contributed by atoms with van der Waals surface area (Å²) in [5.41, 5.74) is 6.67. The molecule has 0 saturated heterocycles. The summed E-state index contributed by atoms with van der Waals surface area (Å²) >= 11 is 0. The summed E-state index contributed by atoms with van der Waals surface area (Å²) in [5.74, 6) is 0.243. The molecule has 1 aromatic rings. The maximum absolute atomic E-state index is 8.63. The fourth-order valence-corrected chi connectivity index (χ4v) is 1.91. The van der Waals surface area contributed by atoms with Crippen LogP contribution in [-0.4, -0.2) is 51.1 Å². The minimum absolute atomic E-state index is 0.243. The van der Waals surface area contributed by atoms with Gasteiger partial charge < -0.3 is 25.3 Å². The number of nitrogens with two attached hydrogens (primary N) is 1. The number of methoxy groups -OCH3 is 1. The molecule has 0 radical (unpaired) electrons. The Balaban J connectivity index is 2.41. The normalized spacial score (nSPS) is 11.6. The van der Waals surface area contributed by atoms with Crippen molar-refractivity contribution in [2.75, 3.05) is 44.9 Å². The maximum atomic E-state index is 8.63. The van der Waals surface area contributed by atoms with E-state index >= 15 is 0 Å². The molecule has 21 heavy (non-hydrogen) atoms. The average molecular weight is 295 g/mol. The molecule has 0 spiro atoms. The minimum atomic E-state index is 0.243. The highest BCUT2D eigenvalue weighted by atomic mass is 16.5. The van der Waals surface area contributed by atoms with Crippen molar-refractivity contribution in [1.29, 1.82) is 0 Å². The number of hydrogen-bond donors (Lipinski definition) is 2. The van der Waals surface area contributed by atoms with Gasteiger partial charge in [0.1, 0.15) is 5.84 Å². The first-order valence-corrected chi connectivity index (χ1v) is 7.11. The fraction of sp³-hybridized carbons (Fsp3) is 0.533. The molecule has 0 atom stereocenters. The molecule has 1 rings (SSSR count). The third-order valence-corrected chi connectivity index (χ3v) is 3.04. The van der Waals surface area contributed by atoms with Gasteiger partial charge in [-0.05, 0) is 18.6 Å². The Hall–Kier alpha value is -1.79. The lowest BCUT2D eigenvalue weighted by molar-refractivity contribution is 0.0700. The third kappa shape index (κ3) is 7.53. The third-order valence-electron chi connectivity index (χ3n) is 3.04. The number of rotatable bonds is 11. The van der Waals surface area contributed by atoms with E-state index in [1.165, 1.54) is 0 Å². The molecule has 0 aromatic heterocycles. The van der Waals surface area contributed by atoms with Crippen molar-refractivity contribution >= 4 is 11.5 Å². The second-order valence-electron chi connectivity index (χ2n) is 4.62. The second kappa shape index (κ2) is 10.9. The lowest BCUT2D eigenvalue weighted by Crippen LogP contribution is -2.29. The van der Waals surface area contributed by atoms with E-state index < -0.39 is 0 Å². The molecule has 0 bridgehead atoms. The van der Waals surface area contributed by atoms with Crippen LogP contribution in [0.25, 0.3) is 0 Å². The van der Waals surface area contributed by atoms with Crippen molar-refractivity contribution in [1.82, 2.24) is 0 Å². The summed E-state index contributed by atoms with van der Waals surface area (Å²) in [4.78, 5) is 2.21. The molecule has 6 nitrogen and oxygen atoms in total. The quantitative estimate of drug-likeness (QED) is 0.213. The molecular weight excluding hydrogens is 270 g/mol. The van der Waals surface area contributed by atoms with Gasteiger partial charge in [0.05, 0.1) is 13.2 Å². The topological polar surface area (TPSA) is 80.3 Å². The monoisotopic (exact) mass is 295 g/mol. The molecule has 0 aliphatic heterocycles. The van der Waals surface area contributed by atoms with Gasteiger partial charge in [-0.25, -0.2) is 0 Å². The number of para-hydroxylation sites is 1. The van der Waals surface area contributed by atoms with Gasteiger partial charge in [0.2, 0.25) is 0 Å². The molecule has 0 fully saturated rings. The van der Waals surface area contributed by atoms with Crippen molar-refractivity contribution in [3.05, 3.63) is 30.3 Å². The first kappa shape index (κ1) is 17.3. The summed E-state index contributed by atoms with van der Waals surface area (Å²) in [7, 11) is 1.66. The van der Waals surface area contributed by atoms with Crippen LogP contribution in [0.2, 0.25) is 0 Å². The van der Waals surface area contributed by atoms with Crippen molar-refractivity contribution in [2.24, 2.45) is 10.9 Å². The van der Waals surface area contributed by atoms with E-state index in [0.717, 1.165) is 18.7 Å². The predicted molar refractivity (Wildman–Crippen MR) is 84.0 cm³/mol. The average Bonchev–Trinajstić information content (AvgIpc) is 2.54. The van der Waals surface area contributed by atoms with Crippen LogP contribution in [0.5, 0.6) is 0 Å². The van der Waals surface area contributed by atoms with Crippen LogP contribution in [0, 0.1) is 0 Å².